The first-order chi connectivity index (χ1) is 8.60. The first kappa shape index (κ1) is 15.6. The Kier molecular flexibility index (Phi) is 4.30. The van der Waals surface area contributed by atoms with E-state index in [1.807, 2.05) is 0 Å². The van der Waals surface area contributed by atoms with Gasteiger partial charge in [0.1, 0.15) is 11.3 Å². The minimum absolute atomic E-state index is 0.0146. The van der Waals surface area contributed by atoms with Crippen molar-refractivity contribution in [2.45, 2.75) is 38.9 Å². The zero-order valence-corrected chi connectivity index (χ0v) is 13.4. The number of hydrogen-bond donors (Lipinski definition) is 1. The average molecular weight is 282 g/mol. The molecule has 0 fully saturated rings. The summed E-state index contributed by atoms with van der Waals surface area (Å²) in [7, 11) is -0.776. The Labute approximate surface area is 115 Å². The fourth-order valence-corrected chi connectivity index (χ4v) is 2.33. The summed E-state index contributed by atoms with van der Waals surface area (Å²) >= 11 is 0. The third-order valence-electron chi connectivity index (χ3n) is 3.58. The van der Waals surface area contributed by atoms with Crippen LogP contribution < -0.4 is 4.43 Å². The van der Waals surface area contributed by atoms with E-state index in [0.717, 1.165) is 0 Å². The number of ether oxygens (including phenoxy) is 1. The number of phenolic OH excluding ortho intramolecular Hbond substituents is 1. The van der Waals surface area contributed by atoms with Crippen molar-refractivity contribution in [3.63, 3.8) is 0 Å². The second-order valence-corrected chi connectivity index (χ2v) is 10.7. The lowest BCUT2D eigenvalue weighted by Crippen LogP contribution is -2.43. The Morgan fingerprint density at radius 2 is 1.84 bits per heavy atom. The van der Waals surface area contributed by atoms with Crippen molar-refractivity contribution in [1.82, 2.24) is 0 Å². The maximum absolute atomic E-state index is 11.5. The number of aromatic hydroxyl groups is 1. The number of phenols is 1. The molecule has 106 valence electrons. The van der Waals surface area contributed by atoms with E-state index in [4.69, 9.17) is 4.43 Å². The summed E-state index contributed by atoms with van der Waals surface area (Å²) in [6.07, 6.45) is 0. The molecular weight excluding hydrogens is 260 g/mol. The van der Waals surface area contributed by atoms with Gasteiger partial charge in [0.05, 0.1) is 7.11 Å². The van der Waals surface area contributed by atoms with Gasteiger partial charge in [-0.25, -0.2) is 4.79 Å². The third kappa shape index (κ3) is 3.29. The summed E-state index contributed by atoms with van der Waals surface area (Å²) in [6.45, 7) is 10.5. The largest absolute Gasteiger partial charge is 0.541 e. The summed E-state index contributed by atoms with van der Waals surface area (Å²) in [5.41, 5.74) is 0.124. The zero-order chi connectivity index (χ0) is 14.8. The second-order valence-electron chi connectivity index (χ2n) is 6.01. The van der Waals surface area contributed by atoms with Crippen molar-refractivity contribution in [3.05, 3.63) is 23.8 Å². The van der Waals surface area contributed by atoms with Crippen molar-refractivity contribution < 1.29 is 19.1 Å². The topological polar surface area (TPSA) is 55.8 Å². The molecule has 1 aromatic rings. The van der Waals surface area contributed by atoms with Crippen LogP contribution in [0, 0.1) is 0 Å². The third-order valence-corrected chi connectivity index (χ3v) is 7.92. The number of rotatable bonds is 3. The molecule has 19 heavy (non-hydrogen) atoms. The van der Waals surface area contributed by atoms with E-state index in [1.54, 1.807) is 12.1 Å². The molecule has 0 amide bonds. The van der Waals surface area contributed by atoms with Gasteiger partial charge in [0.2, 0.25) is 0 Å². The Hall–Kier alpha value is -1.49. The van der Waals surface area contributed by atoms with E-state index in [1.165, 1.54) is 13.2 Å². The van der Waals surface area contributed by atoms with Crippen LogP contribution in [0.25, 0.3) is 0 Å². The minimum atomic E-state index is -2.06. The second kappa shape index (κ2) is 5.25. The molecule has 0 radical (unpaired) electrons. The number of hydrogen-bond acceptors (Lipinski definition) is 4. The van der Waals surface area contributed by atoms with Crippen molar-refractivity contribution in [3.8, 4) is 11.5 Å². The number of esters is 1. The van der Waals surface area contributed by atoms with Gasteiger partial charge in [0.15, 0.2) is 5.75 Å². The predicted octanol–water partition coefficient (Wildman–Crippen LogP) is 3.56. The van der Waals surface area contributed by atoms with E-state index >= 15 is 0 Å². The van der Waals surface area contributed by atoms with Crippen LogP contribution in [0.5, 0.6) is 11.5 Å². The quantitative estimate of drug-likeness (QED) is 0.680. The minimum Gasteiger partial charge on any atom is -0.541 e. The van der Waals surface area contributed by atoms with Crippen LogP contribution in [-0.2, 0) is 4.74 Å². The van der Waals surface area contributed by atoms with Crippen LogP contribution in [-0.4, -0.2) is 26.5 Å². The van der Waals surface area contributed by atoms with Gasteiger partial charge in [-0.15, -0.1) is 0 Å². The van der Waals surface area contributed by atoms with E-state index in [0.29, 0.717) is 5.75 Å². The fraction of sp³-hybridized carbons (Fsp3) is 0.500. The van der Waals surface area contributed by atoms with Gasteiger partial charge >= 0.3 is 5.97 Å². The van der Waals surface area contributed by atoms with Gasteiger partial charge in [-0.05, 0) is 30.3 Å². The molecule has 0 saturated heterocycles. The smallest absolute Gasteiger partial charge is 0.341 e. The monoisotopic (exact) mass is 282 g/mol. The first-order valence-corrected chi connectivity index (χ1v) is 9.10. The van der Waals surface area contributed by atoms with Crippen LogP contribution in [0.1, 0.15) is 31.1 Å². The number of carbonyl (C=O) groups is 1. The first-order valence-electron chi connectivity index (χ1n) is 6.19. The Bertz CT molecular complexity index is 475. The lowest BCUT2D eigenvalue weighted by molar-refractivity contribution is 0.0597. The van der Waals surface area contributed by atoms with Crippen LogP contribution >= 0.6 is 0 Å². The van der Waals surface area contributed by atoms with Crippen molar-refractivity contribution in [1.29, 1.82) is 0 Å². The summed E-state index contributed by atoms with van der Waals surface area (Å²) in [5.74, 6) is -0.383. The molecule has 1 rings (SSSR count). The number of carbonyl (C=O) groups excluding carboxylic acids is 1. The molecule has 0 aliphatic carbocycles. The summed E-state index contributed by atoms with van der Waals surface area (Å²) < 4.78 is 10.6. The Balaban J connectivity index is 3.14. The van der Waals surface area contributed by atoms with Crippen molar-refractivity contribution >= 4 is 14.3 Å². The van der Waals surface area contributed by atoms with E-state index in [9.17, 15) is 9.90 Å². The van der Waals surface area contributed by atoms with Gasteiger partial charge in [0, 0.05) is 0 Å². The number of para-hydroxylation sites is 1. The van der Waals surface area contributed by atoms with Gasteiger partial charge in [-0.2, -0.15) is 0 Å². The normalized spacial score (nSPS) is 12.1. The lowest BCUT2D eigenvalue weighted by atomic mass is 10.2. The van der Waals surface area contributed by atoms with Gasteiger partial charge in [-0.3, -0.25) is 0 Å². The number of benzene rings is 1. The maximum atomic E-state index is 11.5. The summed E-state index contributed by atoms with van der Waals surface area (Å²) in [4.78, 5) is 11.5. The van der Waals surface area contributed by atoms with Gasteiger partial charge in [0.25, 0.3) is 8.32 Å². The molecular formula is C14H22O4Si. The molecule has 0 atom stereocenters. The van der Waals surface area contributed by atoms with Crippen LogP contribution in [0.3, 0.4) is 0 Å². The number of methoxy groups -OCH3 is 1. The Morgan fingerprint density at radius 1 is 1.26 bits per heavy atom. The highest BCUT2D eigenvalue weighted by Gasteiger charge is 2.39. The molecule has 0 bridgehead atoms. The molecule has 1 N–H and O–H groups in total. The summed E-state index contributed by atoms with van der Waals surface area (Å²) in [5, 5.41) is 10.1. The fourth-order valence-electron chi connectivity index (χ4n) is 1.31. The molecule has 0 spiro atoms. The van der Waals surface area contributed by atoms with E-state index < -0.39 is 14.3 Å². The maximum Gasteiger partial charge on any atom is 0.341 e. The lowest BCUT2D eigenvalue weighted by Gasteiger charge is -2.36. The molecule has 0 saturated carbocycles. The van der Waals surface area contributed by atoms with Crippen molar-refractivity contribution in [2.24, 2.45) is 0 Å². The molecule has 4 nitrogen and oxygen atoms in total. The van der Waals surface area contributed by atoms with Crippen LogP contribution in [0.4, 0.5) is 0 Å². The molecule has 0 aliphatic heterocycles. The zero-order valence-electron chi connectivity index (χ0n) is 12.4. The highest BCUT2D eigenvalue weighted by molar-refractivity contribution is 6.74. The molecule has 0 aliphatic rings. The Morgan fingerprint density at radius 3 is 2.32 bits per heavy atom. The highest BCUT2D eigenvalue weighted by atomic mass is 28.4. The van der Waals surface area contributed by atoms with Crippen molar-refractivity contribution in [2.75, 3.05) is 7.11 Å². The van der Waals surface area contributed by atoms with E-state index in [-0.39, 0.29) is 16.4 Å². The standard InChI is InChI=1S/C14H22O4Si/c1-14(2,3)19(5,6)18-11-9-7-8-10(12(11)15)13(16)17-4/h7-9,15H,1-6H3. The van der Waals surface area contributed by atoms with Crippen LogP contribution in [0.15, 0.2) is 18.2 Å². The predicted molar refractivity (Wildman–Crippen MR) is 77.3 cm³/mol. The van der Waals surface area contributed by atoms with Gasteiger partial charge < -0.3 is 14.3 Å². The van der Waals surface area contributed by atoms with E-state index in [2.05, 4.69) is 38.6 Å². The molecule has 0 aromatic heterocycles. The van der Waals surface area contributed by atoms with Gasteiger partial charge in [-0.1, -0.05) is 26.8 Å². The van der Waals surface area contributed by atoms with Crippen LogP contribution in [0.2, 0.25) is 18.1 Å². The molecule has 0 unspecified atom stereocenters. The SMILES string of the molecule is COC(=O)c1cccc(O[Si](C)(C)C(C)(C)C)c1O. The average Bonchev–Trinajstić information content (AvgIpc) is 2.29. The highest BCUT2D eigenvalue weighted by Crippen LogP contribution is 2.40. The molecule has 1 aromatic carbocycles. The molecule has 0 heterocycles. The summed E-state index contributed by atoms with van der Waals surface area (Å²) in [6, 6.07) is 4.86. The molecule has 5 heteroatoms.